The lowest BCUT2D eigenvalue weighted by atomic mass is 9.72. The minimum atomic E-state index is -6.20. The summed E-state index contributed by atoms with van der Waals surface area (Å²) in [4.78, 5) is 69.7. The van der Waals surface area contributed by atoms with E-state index in [1.54, 1.807) is 17.6 Å². The number of sulfonamides is 1. The van der Waals surface area contributed by atoms with Gasteiger partial charge in [-0.1, -0.05) is 81.3 Å². The molecule has 4 N–H and O–H groups in total. The number of unbranched alkanes of at least 4 members (excludes halogenated alkanes) is 1. The van der Waals surface area contributed by atoms with Crippen molar-refractivity contribution in [2.75, 3.05) is 81.5 Å². The van der Waals surface area contributed by atoms with Crippen LogP contribution >= 0.6 is 34.7 Å². The molecule has 2 bridgehead atoms. The van der Waals surface area contributed by atoms with Gasteiger partial charge in [0.05, 0.1) is 57.5 Å². The molecule has 7 atom stereocenters. The summed E-state index contributed by atoms with van der Waals surface area (Å²) in [6.07, 6.45) is 3.88. The van der Waals surface area contributed by atoms with Crippen molar-refractivity contribution >= 4 is 95.1 Å². The number of alkyl halides is 3. The van der Waals surface area contributed by atoms with E-state index in [-0.39, 0.29) is 103 Å². The quantitative estimate of drug-likeness (QED) is 0.0275. The van der Waals surface area contributed by atoms with Gasteiger partial charge in [-0.2, -0.15) is 13.2 Å². The molecule has 580 valence electrons. The van der Waals surface area contributed by atoms with Crippen molar-refractivity contribution in [2.45, 2.75) is 161 Å². The molecule has 14 rings (SSSR count). The lowest BCUT2D eigenvalue weighted by Gasteiger charge is -2.46. The number of allylic oxidation sites excluding steroid dienone is 1. The highest BCUT2D eigenvalue weighted by Crippen LogP contribution is 2.46. The number of thioether (sulfide) groups is 1. The number of likely N-dealkylation sites (tertiary alicyclic amines) is 3. The number of β-amino-alcohol motifs (C(OH)–C–C–N with tert-alkyl or cyclic N) is 1. The normalized spacial score (nSPS) is 21.0. The van der Waals surface area contributed by atoms with Crippen molar-refractivity contribution in [3.8, 4) is 27.8 Å². The summed E-state index contributed by atoms with van der Waals surface area (Å²) in [5, 5.41) is 21.5. The number of hydrogen-bond acceptors (Lipinski definition) is 21. The number of halogens is 4. The van der Waals surface area contributed by atoms with Crippen LogP contribution in [0.15, 0.2) is 146 Å². The molecular formula is C78H88ClF3N10O13S4. The van der Waals surface area contributed by atoms with Gasteiger partial charge in [0.1, 0.15) is 41.7 Å². The third-order valence-corrected chi connectivity index (χ3v) is 26.9. The van der Waals surface area contributed by atoms with Gasteiger partial charge in [-0.05, 0) is 151 Å². The molecular weight excluding hydrogens is 1510 g/mol. The maximum Gasteiger partial charge on any atom is 0.501 e. The molecule has 6 aliphatic heterocycles. The number of aliphatic hydroxyl groups excluding tert-OH is 1. The van der Waals surface area contributed by atoms with Gasteiger partial charge in [-0.3, -0.25) is 29.0 Å². The number of fused-ring (bicyclic) bond motifs is 8. The zero-order valence-corrected chi connectivity index (χ0v) is 64.9. The number of hydrogen-bond donors (Lipinski definition) is 4. The largest absolute Gasteiger partial charge is 0.501 e. The van der Waals surface area contributed by atoms with Crippen LogP contribution in [0.25, 0.3) is 16.0 Å². The number of nitrogens with one attached hydrogen (secondary N) is 3. The molecule has 4 saturated heterocycles. The lowest BCUT2D eigenvalue weighted by Crippen LogP contribution is -2.57. The van der Waals surface area contributed by atoms with Gasteiger partial charge in [0, 0.05) is 116 Å². The van der Waals surface area contributed by atoms with Crippen LogP contribution in [-0.2, 0) is 47.3 Å². The predicted molar refractivity (Wildman–Crippen MR) is 408 cm³/mol. The Kier molecular flexibility index (Phi) is 22.9. The number of thiazole rings is 1. The Balaban J connectivity index is 0.558. The van der Waals surface area contributed by atoms with Gasteiger partial charge < -0.3 is 49.2 Å². The number of sulfone groups is 1. The smallest absolute Gasteiger partial charge is 0.489 e. The van der Waals surface area contributed by atoms with E-state index in [0.717, 1.165) is 83.3 Å². The van der Waals surface area contributed by atoms with Crippen LogP contribution in [-0.4, -0.2) is 189 Å². The number of carbonyl (C=O) groups excluding carboxylic acids is 4. The first-order valence-corrected chi connectivity index (χ1v) is 42.1. The van der Waals surface area contributed by atoms with Crippen LogP contribution in [0.5, 0.6) is 17.4 Å². The fraction of sp³-hybridized carbons (Fsp3) is 0.462. The van der Waals surface area contributed by atoms with Crippen molar-refractivity contribution in [3.05, 3.63) is 160 Å². The molecule has 31 heteroatoms. The minimum absolute atomic E-state index is 0.0119. The number of anilines is 2. The number of carbonyl (C=O) groups is 4. The molecule has 0 radical (unpaired) electrons. The fourth-order valence-corrected chi connectivity index (χ4v) is 20.1. The Labute approximate surface area is 645 Å². The first kappa shape index (κ1) is 77.5. The van der Waals surface area contributed by atoms with E-state index >= 15 is 0 Å². The number of ether oxygens (including phenoxy) is 3. The number of piperazine rings is 2. The minimum Gasteiger partial charge on any atom is -0.489 e. The predicted octanol–water partition coefficient (Wildman–Crippen LogP) is 11.8. The Morgan fingerprint density at radius 1 is 0.862 bits per heavy atom. The molecule has 2 aromatic heterocycles. The fourth-order valence-electron chi connectivity index (χ4n) is 16.1. The number of benzene rings is 5. The van der Waals surface area contributed by atoms with Gasteiger partial charge in [0.2, 0.25) is 17.7 Å². The van der Waals surface area contributed by atoms with E-state index in [4.69, 9.17) is 30.3 Å². The van der Waals surface area contributed by atoms with Crippen molar-refractivity contribution < 1.29 is 73.0 Å². The van der Waals surface area contributed by atoms with E-state index < -0.39 is 71.0 Å². The molecule has 7 aliphatic rings. The Hall–Kier alpha value is -8.23. The molecule has 8 heterocycles. The van der Waals surface area contributed by atoms with Gasteiger partial charge >= 0.3 is 5.51 Å². The van der Waals surface area contributed by atoms with Crippen molar-refractivity contribution in [3.63, 3.8) is 0 Å². The Morgan fingerprint density at radius 2 is 1.67 bits per heavy atom. The first-order chi connectivity index (χ1) is 52.1. The highest BCUT2D eigenvalue weighted by atomic mass is 35.5. The molecule has 4 amide bonds. The van der Waals surface area contributed by atoms with Gasteiger partial charge in [-0.15, -0.1) is 23.1 Å². The van der Waals surface area contributed by atoms with Gasteiger partial charge in [-0.25, -0.2) is 26.5 Å². The van der Waals surface area contributed by atoms with Crippen LogP contribution < -0.4 is 34.5 Å². The molecule has 23 nitrogen and oxygen atoms in total. The van der Waals surface area contributed by atoms with Crippen LogP contribution in [0.1, 0.15) is 124 Å². The number of amides is 4. The molecule has 5 aromatic carbocycles. The average molecular weight is 1590 g/mol. The summed E-state index contributed by atoms with van der Waals surface area (Å²) in [5.74, 6) is -1.14. The summed E-state index contributed by atoms with van der Waals surface area (Å²) in [5.41, 5.74) is 2.73. The maximum atomic E-state index is 14.7. The Bertz CT molecular complexity index is 4820. The summed E-state index contributed by atoms with van der Waals surface area (Å²) in [6.45, 7) is 13.6. The maximum absolute atomic E-state index is 14.7. The molecule has 1 aliphatic carbocycles. The Morgan fingerprint density at radius 3 is 2.44 bits per heavy atom. The average Bonchev–Trinajstić information content (AvgIpc) is 1.28. The van der Waals surface area contributed by atoms with Crippen LogP contribution in [0.2, 0.25) is 5.02 Å². The summed E-state index contributed by atoms with van der Waals surface area (Å²) < 4.78 is 125. The second-order valence-corrected chi connectivity index (χ2v) is 36.3. The molecule has 0 unspecified atom stereocenters. The van der Waals surface area contributed by atoms with E-state index in [0.29, 0.717) is 87.7 Å². The van der Waals surface area contributed by atoms with E-state index in [1.165, 1.54) is 56.8 Å². The standard InChI is InChI=1S/C78H88ClF3N10O13S4/c1-47(2)73(76(97)92-42-57(93)34-69(92)85-70(94)31-48-13-20-61-65(30-48)104-44-63-74(61)107-46-83-63)67-36-71(86-105-67)102-29-9-8-12-72(95)91-41-54-33-55(91)40-89(54)26-24-53(45-106-58-10-6-5-7-11-58)84-62-21-19-59(35-68(62)108(98,99)78(80,81)82)109(100,101)87-75(96)50-16-22-64-66(32-50)103-43-56-39-88(27-28-90(56)64)38-51-37-77(3,4)25-23-60(51)49-14-17-52(79)18-15-49/h5-7,10-11,13-22,30,32,35-36,46-47,53-57,69,73,84,93H,8-9,12,23-29,31,33-34,37-45H2,1-4H3,(H,85,94)(H,87,96)/t53-,54-,55-,56+,57-,69-,73-/m1/s1. The van der Waals surface area contributed by atoms with E-state index in [9.17, 15) is 54.3 Å². The molecule has 0 saturated carbocycles. The third kappa shape index (κ3) is 17.5. The lowest BCUT2D eigenvalue weighted by molar-refractivity contribution is -0.137. The highest BCUT2D eigenvalue weighted by molar-refractivity contribution is 7.99. The highest BCUT2D eigenvalue weighted by Gasteiger charge is 2.50. The molecule has 4 fully saturated rings. The first-order valence-electron chi connectivity index (χ1n) is 36.9. The zero-order chi connectivity index (χ0) is 76.7. The molecule has 109 heavy (non-hydrogen) atoms. The van der Waals surface area contributed by atoms with Crippen LogP contribution in [0.4, 0.5) is 24.5 Å². The SMILES string of the molecule is CC(C)[C@@H](C(=O)N1C[C@H](O)C[C@@H]1NC(=O)Cc1ccc2c(c1)OCc1ncsc1-2)c1cc(OCCCCC(=O)N2C[C@H]3C[C@@H]2CN3CC[C@H](CSc2ccccc2)Nc2ccc(S(=O)(=O)NC(=O)c3ccc4c(c3)OC[C@@H]3CN(CC5=C(c6ccc(Cl)cc6)CCC(C)(C)C5)CCN43)cc2S(=O)(=O)C(F)(F)F)no1. The number of aromatic nitrogens is 2. The number of aliphatic hydroxyl groups is 1. The monoisotopic (exact) mass is 1590 g/mol. The van der Waals surface area contributed by atoms with E-state index in [2.05, 4.69) is 61.5 Å². The summed E-state index contributed by atoms with van der Waals surface area (Å²) >= 11 is 9.19. The number of nitrogens with zero attached hydrogens (tertiary/aromatic N) is 7. The summed E-state index contributed by atoms with van der Waals surface area (Å²) in [7, 11) is -11.2. The van der Waals surface area contributed by atoms with Crippen LogP contribution in [0.3, 0.4) is 0 Å². The molecule has 7 aromatic rings. The van der Waals surface area contributed by atoms with Gasteiger partial charge in [0.15, 0.2) is 5.76 Å². The van der Waals surface area contributed by atoms with Crippen molar-refractivity contribution in [1.29, 1.82) is 0 Å². The van der Waals surface area contributed by atoms with Crippen molar-refractivity contribution in [1.82, 2.24) is 39.8 Å². The second-order valence-electron chi connectivity index (χ2n) is 30.4. The van der Waals surface area contributed by atoms with Gasteiger partial charge in [0.25, 0.3) is 31.6 Å². The molecule has 0 spiro atoms. The number of rotatable bonds is 27. The third-order valence-electron chi connectivity index (χ3n) is 21.7. The topological polar surface area (TPSA) is 276 Å². The zero-order valence-electron chi connectivity index (χ0n) is 60.8. The van der Waals surface area contributed by atoms with Crippen LogP contribution in [0, 0.1) is 11.3 Å². The van der Waals surface area contributed by atoms with E-state index in [1.807, 2.05) is 84.1 Å². The summed E-state index contributed by atoms with van der Waals surface area (Å²) in [6, 6.07) is 30.6. The van der Waals surface area contributed by atoms with Crippen molar-refractivity contribution in [2.24, 2.45) is 11.3 Å². The second kappa shape index (κ2) is 32.2.